The third kappa shape index (κ3) is 47.8. The van der Waals surface area contributed by atoms with Crippen molar-refractivity contribution in [1.82, 2.24) is 0 Å². The lowest BCUT2D eigenvalue weighted by Gasteiger charge is -2.18. The molecule has 0 saturated carbocycles. The molecule has 5 nitrogen and oxygen atoms in total. The van der Waals surface area contributed by atoms with Gasteiger partial charge in [0.15, 0.2) is 6.10 Å². The third-order valence-corrected chi connectivity index (χ3v) is 10.4. The Kier molecular flexibility index (Phi) is 48.0. The molecular weight excluding hydrogens is 741 g/mol. The molecule has 0 radical (unpaired) electrons. The van der Waals surface area contributed by atoms with E-state index in [1.54, 1.807) is 0 Å². The van der Waals surface area contributed by atoms with Crippen molar-refractivity contribution in [3.8, 4) is 0 Å². The molecule has 0 aromatic heterocycles. The molecule has 0 N–H and O–H groups in total. The van der Waals surface area contributed by atoms with Crippen LogP contribution in [0.25, 0.3) is 0 Å². The van der Waals surface area contributed by atoms with Crippen LogP contribution in [-0.2, 0) is 23.8 Å². The van der Waals surface area contributed by atoms with Gasteiger partial charge in [-0.15, -0.1) is 0 Å². The number of carbonyl (C=O) groups excluding carboxylic acids is 2. The molecule has 0 aliphatic rings. The average molecular weight is 835 g/mol. The fraction of sp³-hybridized carbons (Fsp3) is 0.709. The molecule has 5 heteroatoms. The lowest BCUT2D eigenvalue weighted by Crippen LogP contribution is -2.30. The molecule has 0 aliphatic carbocycles. The lowest BCUT2D eigenvalue weighted by atomic mass is 10.1. The minimum Gasteiger partial charge on any atom is -0.462 e. The highest BCUT2D eigenvalue weighted by molar-refractivity contribution is 5.70. The Morgan fingerprint density at radius 1 is 0.383 bits per heavy atom. The summed E-state index contributed by atoms with van der Waals surface area (Å²) in [4.78, 5) is 25.3. The molecule has 0 bridgehead atoms. The SMILES string of the molecule is CC/C=C\C/C=C\C/C=C\C/C=C\C/C=C\CCOCC(COC(=O)CCCCCCCCC/C=C\C/C=C\CCCCC)OC(=O)CCCCCCCCCCCCC. The standard InChI is InChI=1S/C55H94O5/c1-4-7-10-13-16-19-22-24-26-28-29-31-34-36-39-42-45-48-54(56)59-52-53(60-55(57)49-46-43-40-37-33-21-18-15-12-9-6-3)51-58-50-47-44-41-38-35-32-30-27-25-23-20-17-14-11-8-5-2/h8,11,16-17,19-20,24-27,32,35,41,44,53H,4-7,9-10,12-15,18,21-23,28-31,33-34,36-40,42-43,45-52H2,1-3H3/b11-8-,19-16-,20-17-,26-24-,27-25-,35-32-,44-41-. The summed E-state index contributed by atoms with van der Waals surface area (Å²) in [5.74, 6) is -0.447. The molecule has 0 saturated heterocycles. The van der Waals surface area contributed by atoms with Gasteiger partial charge in [-0.05, 0) is 83.5 Å². The van der Waals surface area contributed by atoms with Crippen LogP contribution < -0.4 is 0 Å². The first-order valence-corrected chi connectivity index (χ1v) is 25.1. The van der Waals surface area contributed by atoms with Gasteiger partial charge in [-0.2, -0.15) is 0 Å². The van der Waals surface area contributed by atoms with Gasteiger partial charge in [-0.1, -0.05) is 215 Å². The Hall–Kier alpha value is -2.92. The molecule has 60 heavy (non-hydrogen) atoms. The number of carbonyl (C=O) groups is 2. The van der Waals surface area contributed by atoms with E-state index < -0.39 is 6.10 Å². The number of unbranched alkanes of at least 4 members (excludes halogenated alkanes) is 20. The Morgan fingerprint density at radius 2 is 0.750 bits per heavy atom. The highest BCUT2D eigenvalue weighted by Crippen LogP contribution is 2.14. The van der Waals surface area contributed by atoms with Crippen molar-refractivity contribution in [2.24, 2.45) is 0 Å². The van der Waals surface area contributed by atoms with Gasteiger partial charge in [0, 0.05) is 12.8 Å². The molecule has 0 rings (SSSR count). The van der Waals surface area contributed by atoms with Gasteiger partial charge in [0.05, 0.1) is 13.2 Å². The van der Waals surface area contributed by atoms with E-state index in [0.29, 0.717) is 19.4 Å². The summed E-state index contributed by atoms with van der Waals surface area (Å²) < 4.78 is 17.3. The Bertz CT molecular complexity index is 1130. The molecule has 0 aliphatic heterocycles. The second-order valence-electron chi connectivity index (χ2n) is 16.3. The van der Waals surface area contributed by atoms with Crippen LogP contribution in [-0.4, -0.2) is 37.9 Å². The monoisotopic (exact) mass is 835 g/mol. The number of hydrogen-bond donors (Lipinski definition) is 0. The molecule has 1 atom stereocenters. The zero-order chi connectivity index (χ0) is 43.5. The zero-order valence-electron chi connectivity index (χ0n) is 39.5. The number of hydrogen-bond acceptors (Lipinski definition) is 5. The Labute approximate surface area is 371 Å². The van der Waals surface area contributed by atoms with Crippen molar-refractivity contribution in [2.45, 2.75) is 232 Å². The number of ether oxygens (including phenoxy) is 3. The van der Waals surface area contributed by atoms with Gasteiger partial charge >= 0.3 is 11.9 Å². The lowest BCUT2D eigenvalue weighted by molar-refractivity contribution is -0.162. The molecular formula is C55H94O5. The summed E-state index contributed by atoms with van der Waals surface area (Å²) in [5.41, 5.74) is 0. The second-order valence-corrected chi connectivity index (χ2v) is 16.3. The zero-order valence-corrected chi connectivity index (χ0v) is 39.5. The Balaban J connectivity index is 4.36. The van der Waals surface area contributed by atoms with Gasteiger partial charge in [0.2, 0.25) is 0 Å². The number of rotatable bonds is 45. The van der Waals surface area contributed by atoms with E-state index in [0.717, 1.165) is 83.5 Å². The maximum Gasteiger partial charge on any atom is 0.306 e. The van der Waals surface area contributed by atoms with Crippen LogP contribution in [0.5, 0.6) is 0 Å². The molecule has 0 spiro atoms. The summed E-state index contributed by atoms with van der Waals surface area (Å²) in [5, 5.41) is 0. The highest BCUT2D eigenvalue weighted by atomic mass is 16.6. The molecule has 0 aromatic rings. The maximum atomic E-state index is 12.7. The van der Waals surface area contributed by atoms with Gasteiger partial charge < -0.3 is 14.2 Å². The molecule has 0 fully saturated rings. The van der Waals surface area contributed by atoms with Crippen LogP contribution in [0.1, 0.15) is 226 Å². The van der Waals surface area contributed by atoms with Crippen LogP contribution in [0.3, 0.4) is 0 Å². The first kappa shape index (κ1) is 57.1. The van der Waals surface area contributed by atoms with E-state index in [9.17, 15) is 9.59 Å². The fourth-order valence-corrected chi connectivity index (χ4v) is 6.72. The molecule has 344 valence electrons. The van der Waals surface area contributed by atoms with Crippen molar-refractivity contribution in [3.63, 3.8) is 0 Å². The topological polar surface area (TPSA) is 61.8 Å². The summed E-state index contributed by atoms with van der Waals surface area (Å²) in [6, 6.07) is 0. The smallest absolute Gasteiger partial charge is 0.306 e. The van der Waals surface area contributed by atoms with Gasteiger partial charge in [0.1, 0.15) is 6.61 Å². The van der Waals surface area contributed by atoms with Crippen LogP contribution in [0, 0.1) is 0 Å². The van der Waals surface area contributed by atoms with E-state index >= 15 is 0 Å². The number of allylic oxidation sites excluding steroid dienone is 13. The minimum atomic E-state index is -0.579. The van der Waals surface area contributed by atoms with E-state index in [-0.39, 0.29) is 25.2 Å². The number of esters is 2. The van der Waals surface area contributed by atoms with Crippen molar-refractivity contribution >= 4 is 11.9 Å². The molecule has 0 heterocycles. The first-order valence-electron chi connectivity index (χ1n) is 25.1. The predicted molar refractivity (Wildman–Crippen MR) is 260 cm³/mol. The average Bonchev–Trinajstić information content (AvgIpc) is 3.25. The van der Waals surface area contributed by atoms with Gasteiger partial charge in [0.25, 0.3) is 0 Å². The van der Waals surface area contributed by atoms with Crippen LogP contribution in [0.2, 0.25) is 0 Å². The summed E-state index contributed by atoms with van der Waals surface area (Å²) >= 11 is 0. The predicted octanol–water partition coefficient (Wildman–Crippen LogP) is 16.9. The van der Waals surface area contributed by atoms with Crippen molar-refractivity contribution in [3.05, 3.63) is 85.1 Å². The van der Waals surface area contributed by atoms with Crippen LogP contribution in [0.4, 0.5) is 0 Å². The van der Waals surface area contributed by atoms with Crippen LogP contribution >= 0.6 is 0 Å². The minimum absolute atomic E-state index is 0.0498. The normalized spacial score (nSPS) is 12.9. The fourth-order valence-electron chi connectivity index (χ4n) is 6.72. The van der Waals surface area contributed by atoms with Crippen LogP contribution in [0.15, 0.2) is 85.1 Å². The van der Waals surface area contributed by atoms with E-state index in [1.165, 1.54) is 109 Å². The van der Waals surface area contributed by atoms with E-state index in [2.05, 4.69) is 106 Å². The summed E-state index contributed by atoms with van der Waals surface area (Å²) in [7, 11) is 0. The van der Waals surface area contributed by atoms with E-state index in [4.69, 9.17) is 14.2 Å². The third-order valence-electron chi connectivity index (χ3n) is 10.4. The van der Waals surface area contributed by atoms with Gasteiger partial charge in [-0.3, -0.25) is 9.59 Å². The first-order chi connectivity index (χ1) is 29.6. The Morgan fingerprint density at radius 3 is 1.23 bits per heavy atom. The second kappa shape index (κ2) is 50.4. The highest BCUT2D eigenvalue weighted by Gasteiger charge is 2.17. The maximum absolute atomic E-state index is 12.7. The van der Waals surface area contributed by atoms with Crippen molar-refractivity contribution < 1.29 is 23.8 Å². The largest absolute Gasteiger partial charge is 0.462 e. The quantitative estimate of drug-likeness (QED) is 0.0347. The molecule has 1 unspecified atom stereocenters. The summed E-state index contributed by atoms with van der Waals surface area (Å²) in [6.07, 6.45) is 66.0. The molecule has 0 aromatic carbocycles. The van der Waals surface area contributed by atoms with E-state index in [1.807, 2.05) is 0 Å². The molecule has 0 amide bonds. The van der Waals surface area contributed by atoms with Crippen molar-refractivity contribution in [1.29, 1.82) is 0 Å². The van der Waals surface area contributed by atoms with Gasteiger partial charge in [-0.25, -0.2) is 0 Å². The summed E-state index contributed by atoms with van der Waals surface area (Å²) in [6.45, 7) is 7.47. The van der Waals surface area contributed by atoms with Crippen molar-refractivity contribution in [2.75, 3.05) is 19.8 Å².